The van der Waals surface area contributed by atoms with Crippen LogP contribution in [0.2, 0.25) is 5.02 Å². The van der Waals surface area contributed by atoms with E-state index in [2.05, 4.69) is 25.1 Å². The summed E-state index contributed by atoms with van der Waals surface area (Å²) in [5.74, 6) is 0.0884. The van der Waals surface area contributed by atoms with Crippen LogP contribution >= 0.6 is 11.6 Å². The molecular formula is C27H35ClN2O5. The fourth-order valence-corrected chi connectivity index (χ4v) is 5.40. The highest BCUT2D eigenvalue weighted by Gasteiger charge is 2.53. The number of nitrogens with two attached hydrogens (primary N) is 1. The summed E-state index contributed by atoms with van der Waals surface area (Å²) < 4.78 is 21.9. The van der Waals surface area contributed by atoms with E-state index in [1.165, 1.54) is 16.7 Å². The lowest BCUT2D eigenvalue weighted by atomic mass is 9.80. The minimum Gasteiger partial charge on any atom is -0.379 e. The van der Waals surface area contributed by atoms with Gasteiger partial charge in [0.15, 0.2) is 0 Å². The quantitative estimate of drug-likeness (QED) is 0.398. The van der Waals surface area contributed by atoms with Crippen LogP contribution in [0.4, 0.5) is 0 Å². The molecule has 2 N–H and O–H groups in total. The number of amides is 1. The van der Waals surface area contributed by atoms with Crippen LogP contribution in [0.15, 0.2) is 42.5 Å². The Kier molecular flexibility index (Phi) is 9.16. The fourth-order valence-electron chi connectivity index (χ4n) is 5.22. The van der Waals surface area contributed by atoms with Crippen LogP contribution in [0.1, 0.15) is 41.6 Å². The summed E-state index contributed by atoms with van der Waals surface area (Å²) in [4.78, 5) is 15.5. The molecule has 2 unspecified atom stereocenters. The van der Waals surface area contributed by atoms with E-state index in [-0.39, 0.29) is 11.9 Å². The van der Waals surface area contributed by atoms with Crippen molar-refractivity contribution in [2.75, 3.05) is 59.4 Å². The van der Waals surface area contributed by atoms with Crippen LogP contribution in [0.25, 0.3) is 0 Å². The van der Waals surface area contributed by atoms with Crippen molar-refractivity contribution in [2.45, 2.75) is 31.3 Å². The summed E-state index contributed by atoms with van der Waals surface area (Å²) in [7, 11) is 0. The second kappa shape index (κ2) is 12.3. The third-order valence-electron chi connectivity index (χ3n) is 6.75. The molecule has 8 heteroatoms. The highest BCUT2D eigenvalue weighted by molar-refractivity contribution is 6.30. The van der Waals surface area contributed by atoms with Crippen molar-refractivity contribution in [2.24, 2.45) is 5.73 Å². The number of ether oxygens (including phenoxy) is 4. The number of halogens is 1. The first kappa shape index (κ1) is 26.1. The van der Waals surface area contributed by atoms with E-state index in [1.807, 2.05) is 29.2 Å². The molecule has 1 amide bonds. The molecule has 2 atom stereocenters. The van der Waals surface area contributed by atoms with Crippen LogP contribution in [-0.4, -0.2) is 70.2 Å². The first-order valence-corrected chi connectivity index (χ1v) is 12.7. The number of hydrogen-bond acceptors (Lipinski definition) is 6. The van der Waals surface area contributed by atoms with Crippen LogP contribution in [0.3, 0.4) is 0 Å². The molecule has 0 saturated carbocycles. The molecule has 35 heavy (non-hydrogen) atoms. The lowest BCUT2D eigenvalue weighted by molar-refractivity contribution is -0.140. The van der Waals surface area contributed by atoms with Crippen molar-refractivity contribution < 1.29 is 23.7 Å². The van der Waals surface area contributed by atoms with Crippen LogP contribution in [0.5, 0.6) is 0 Å². The van der Waals surface area contributed by atoms with Crippen molar-refractivity contribution in [3.05, 3.63) is 69.7 Å². The molecule has 2 aliphatic heterocycles. The summed E-state index contributed by atoms with van der Waals surface area (Å²) in [6, 6.07) is 14.4. The molecule has 2 bridgehead atoms. The number of fused-ring (bicyclic) bond motifs is 7. The number of nitrogens with zero attached hydrogens (tertiary/aromatic N) is 1. The normalized spacial score (nSPS) is 20.1. The average molecular weight is 503 g/mol. The van der Waals surface area contributed by atoms with E-state index < -0.39 is 5.54 Å². The molecule has 0 aliphatic carbocycles. The second-order valence-corrected chi connectivity index (χ2v) is 9.37. The maximum absolute atomic E-state index is 13.5. The number of carbonyl (C=O) groups is 1. The summed E-state index contributed by atoms with van der Waals surface area (Å²) in [6.45, 7) is 6.52. The van der Waals surface area contributed by atoms with Gasteiger partial charge in [-0.1, -0.05) is 41.9 Å². The Morgan fingerprint density at radius 1 is 0.943 bits per heavy atom. The third-order valence-corrected chi connectivity index (χ3v) is 6.99. The maximum atomic E-state index is 13.5. The lowest BCUT2D eigenvalue weighted by Gasteiger charge is -2.44. The molecular weight excluding hydrogens is 468 g/mol. The van der Waals surface area contributed by atoms with Gasteiger partial charge in [0.1, 0.15) is 0 Å². The zero-order valence-corrected chi connectivity index (χ0v) is 21.1. The Labute approximate surface area is 212 Å². The molecule has 7 nitrogen and oxygen atoms in total. The van der Waals surface area contributed by atoms with E-state index >= 15 is 0 Å². The summed E-state index contributed by atoms with van der Waals surface area (Å²) >= 11 is 6.37. The molecule has 0 aromatic heterocycles. The van der Waals surface area contributed by atoms with Crippen LogP contribution < -0.4 is 5.73 Å². The Balaban J connectivity index is 1.24. The largest absolute Gasteiger partial charge is 0.379 e. The smallest absolute Gasteiger partial charge is 0.226 e. The van der Waals surface area contributed by atoms with Gasteiger partial charge in [-0.05, 0) is 47.7 Å². The molecule has 0 fully saturated rings. The summed E-state index contributed by atoms with van der Waals surface area (Å²) in [5, 5.41) is 0.689. The molecule has 0 saturated heterocycles. The summed E-state index contributed by atoms with van der Waals surface area (Å²) in [6.07, 6.45) is 1.11. The standard InChI is InChI=1S/C27H35ClN2O5/c1-27-23-5-3-2-4-22(23)25(18-20-6-7-21(28)19-24(20)27)30(27)26(31)8-10-32-12-14-34-16-17-35-15-13-33-11-9-29/h2-7,19,25H,8-18,29H2,1H3. The predicted molar refractivity (Wildman–Crippen MR) is 135 cm³/mol. The molecule has 2 aliphatic rings. The van der Waals surface area contributed by atoms with Gasteiger partial charge >= 0.3 is 0 Å². The van der Waals surface area contributed by atoms with Gasteiger partial charge < -0.3 is 29.6 Å². The Morgan fingerprint density at radius 2 is 1.57 bits per heavy atom. The van der Waals surface area contributed by atoms with Gasteiger partial charge in [-0.3, -0.25) is 4.79 Å². The predicted octanol–water partition coefficient (Wildman–Crippen LogP) is 3.46. The number of carbonyl (C=O) groups excluding carboxylic acids is 1. The van der Waals surface area contributed by atoms with Gasteiger partial charge in [-0.25, -0.2) is 0 Å². The molecule has 0 spiro atoms. The molecule has 2 aromatic carbocycles. The molecule has 4 rings (SSSR count). The topological polar surface area (TPSA) is 83.2 Å². The van der Waals surface area contributed by atoms with Gasteiger partial charge in [-0.15, -0.1) is 0 Å². The fraction of sp³-hybridized carbons (Fsp3) is 0.519. The first-order valence-electron chi connectivity index (χ1n) is 12.3. The van der Waals surface area contributed by atoms with Gasteiger partial charge in [0.25, 0.3) is 0 Å². The second-order valence-electron chi connectivity index (χ2n) is 8.93. The first-order chi connectivity index (χ1) is 17.1. The van der Waals surface area contributed by atoms with Crippen molar-refractivity contribution in [1.82, 2.24) is 4.90 Å². The van der Waals surface area contributed by atoms with E-state index in [1.54, 1.807) is 0 Å². The monoisotopic (exact) mass is 502 g/mol. The zero-order valence-electron chi connectivity index (χ0n) is 20.3. The molecule has 2 aromatic rings. The molecule has 190 valence electrons. The number of rotatable bonds is 14. The van der Waals surface area contributed by atoms with Gasteiger partial charge in [0.05, 0.1) is 70.9 Å². The number of hydrogen-bond donors (Lipinski definition) is 1. The maximum Gasteiger partial charge on any atom is 0.226 e. The van der Waals surface area contributed by atoms with Crippen molar-refractivity contribution >= 4 is 17.5 Å². The molecule has 0 radical (unpaired) electrons. The van der Waals surface area contributed by atoms with Crippen LogP contribution in [-0.2, 0) is 35.7 Å². The van der Waals surface area contributed by atoms with Gasteiger partial charge in [0, 0.05) is 11.6 Å². The van der Waals surface area contributed by atoms with Crippen molar-refractivity contribution in [3.63, 3.8) is 0 Å². The van der Waals surface area contributed by atoms with E-state index in [9.17, 15) is 4.79 Å². The van der Waals surface area contributed by atoms with E-state index in [0.717, 1.165) is 12.0 Å². The minimum absolute atomic E-state index is 0.0291. The minimum atomic E-state index is -0.532. The Morgan fingerprint density at radius 3 is 2.26 bits per heavy atom. The van der Waals surface area contributed by atoms with Gasteiger partial charge in [0.2, 0.25) is 5.91 Å². The van der Waals surface area contributed by atoms with Crippen LogP contribution in [0, 0.1) is 0 Å². The van der Waals surface area contributed by atoms with E-state index in [0.29, 0.717) is 70.8 Å². The molecule has 2 heterocycles. The highest BCUT2D eigenvalue weighted by atomic mass is 35.5. The van der Waals surface area contributed by atoms with Crippen molar-refractivity contribution in [1.29, 1.82) is 0 Å². The zero-order chi connectivity index (χ0) is 24.7. The number of benzene rings is 2. The lowest BCUT2D eigenvalue weighted by Crippen LogP contribution is -2.49. The van der Waals surface area contributed by atoms with Gasteiger partial charge in [-0.2, -0.15) is 0 Å². The Bertz CT molecular complexity index is 1000. The third kappa shape index (κ3) is 5.71. The summed E-state index contributed by atoms with van der Waals surface area (Å²) in [5.41, 5.74) is 9.59. The van der Waals surface area contributed by atoms with E-state index in [4.69, 9.17) is 36.3 Å². The Hall–Kier alpha value is -2.00. The SMILES string of the molecule is CC12c3cc(Cl)ccc3CC(c3ccccc31)N2C(=O)CCOCCOCCOCCOCCN. The highest BCUT2D eigenvalue weighted by Crippen LogP contribution is 2.55. The average Bonchev–Trinajstić information content (AvgIpc) is 3.06. The van der Waals surface area contributed by atoms with Crippen molar-refractivity contribution in [3.8, 4) is 0 Å².